The van der Waals surface area contributed by atoms with E-state index in [1.165, 1.54) is 15.6 Å². The van der Waals surface area contributed by atoms with Gasteiger partial charge in [0.2, 0.25) is 15.9 Å². The molecule has 1 aromatic heterocycles. The van der Waals surface area contributed by atoms with Crippen LogP contribution >= 0.6 is 22.9 Å². The Kier molecular flexibility index (Phi) is 7.36. The predicted octanol–water partition coefficient (Wildman–Crippen LogP) is 6.20. The molecule has 0 radical (unpaired) electrons. The Labute approximate surface area is 226 Å². The van der Waals surface area contributed by atoms with Crippen molar-refractivity contribution in [2.24, 2.45) is 5.92 Å². The highest BCUT2D eigenvalue weighted by molar-refractivity contribution is 7.89. The van der Waals surface area contributed by atoms with Gasteiger partial charge < -0.3 is 0 Å². The number of carbonyl (C=O) groups is 1. The van der Waals surface area contributed by atoms with E-state index in [-0.39, 0.29) is 16.7 Å². The normalized spacial score (nSPS) is 15.2. The maximum Gasteiger partial charge on any atom is 0.243 e. The number of hydrogen-bond donors (Lipinski definition) is 0. The molecule has 0 bridgehead atoms. The van der Waals surface area contributed by atoms with Crippen LogP contribution in [0.4, 0.5) is 5.13 Å². The van der Waals surface area contributed by atoms with Gasteiger partial charge in [-0.15, -0.1) is 0 Å². The second kappa shape index (κ2) is 10.5. The van der Waals surface area contributed by atoms with Gasteiger partial charge in [0, 0.05) is 24.0 Å². The van der Waals surface area contributed by atoms with E-state index in [0.29, 0.717) is 42.6 Å². The predicted molar refractivity (Wildman–Crippen MR) is 150 cm³/mol. The largest absolute Gasteiger partial charge is 0.283 e. The van der Waals surface area contributed by atoms with Crippen molar-refractivity contribution < 1.29 is 13.2 Å². The van der Waals surface area contributed by atoms with Gasteiger partial charge >= 0.3 is 0 Å². The number of fused-ring (bicyclic) bond motifs is 1. The van der Waals surface area contributed by atoms with Gasteiger partial charge in [-0.05, 0) is 62.1 Å². The summed E-state index contributed by atoms with van der Waals surface area (Å²) in [6.45, 7) is 4.87. The van der Waals surface area contributed by atoms with E-state index in [0.717, 1.165) is 26.9 Å². The zero-order valence-corrected chi connectivity index (χ0v) is 23.1. The molecular formula is C28H28ClN3O3S2. The number of benzene rings is 3. The van der Waals surface area contributed by atoms with Crippen LogP contribution < -0.4 is 4.90 Å². The third-order valence-electron chi connectivity index (χ3n) is 6.88. The number of halogens is 1. The quantitative estimate of drug-likeness (QED) is 0.285. The van der Waals surface area contributed by atoms with Gasteiger partial charge in [-0.1, -0.05) is 71.0 Å². The molecule has 9 heteroatoms. The summed E-state index contributed by atoms with van der Waals surface area (Å²) in [5.41, 5.74) is 3.71. The molecule has 0 N–H and O–H groups in total. The van der Waals surface area contributed by atoms with Gasteiger partial charge in [-0.25, -0.2) is 13.4 Å². The first-order chi connectivity index (χ1) is 17.7. The number of piperidine rings is 1. The van der Waals surface area contributed by atoms with Crippen LogP contribution in [0.25, 0.3) is 10.2 Å². The number of nitrogens with zero attached hydrogens (tertiary/aromatic N) is 3. The highest BCUT2D eigenvalue weighted by Crippen LogP contribution is 2.36. The van der Waals surface area contributed by atoms with Crippen molar-refractivity contribution >= 4 is 54.2 Å². The van der Waals surface area contributed by atoms with Crippen LogP contribution in [0.2, 0.25) is 5.02 Å². The number of anilines is 1. The summed E-state index contributed by atoms with van der Waals surface area (Å²) in [4.78, 5) is 20.8. The van der Waals surface area contributed by atoms with Crippen LogP contribution in [0.3, 0.4) is 0 Å². The zero-order valence-electron chi connectivity index (χ0n) is 20.7. The number of thiazole rings is 1. The monoisotopic (exact) mass is 553 g/mol. The molecule has 1 aliphatic heterocycles. The first-order valence-electron chi connectivity index (χ1n) is 12.2. The number of amides is 1. The Balaban J connectivity index is 1.39. The van der Waals surface area contributed by atoms with E-state index < -0.39 is 10.0 Å². The minimum absolute atomic E-state index is 0.0287. The molecule has 0 aliphatic carbocycles. The van der Waals surface area contributed by atoms with Crippen LogP contribution in [-0.4, -0.2) is 36.7 Å². The van der Waals surface area contributed by atoms with Crippen LogP contribution in [-0.2, 0) is 21.4 Å². The molecule has 37 heavy (non-hydrogen) atoms. The Bertz CT molecular complexity index is 1530. The third-order valence-corrected chi connectivity index (χ3v) is 10.2. The lowest BCUT2D eigenvalue weighted by Gasteiger charge is -2.33. The first-order valence-corrected chi connectivity index (χ1v) is 14.9. The maximum absolute atomic E-state index is 13.9. The molecule has 3 aromatic carbocycles. The lowest BCUT2D eigenvalue weighted by molar-refractivity contribution is -0.123. The fraction of sp³-hybridized carbons (Fsp3) is 0.286. The molecule has 1 amide bonds. The van der Waals surface area contributed by atoms with Gasteiger partial charge in [0.25, 0.3) is 0 Å². The molecule has 0 unspecified atom stereocenters. The summed E-state index contributed by atoms with van der Waals surface area (Å²) in [5.74, 6) is -0.316. The molecule has 6 nitrogen and oxygen atoms in total. The second-order valence-electron chi connectivity index (χ2n) is 9.42. The van der Waals surface area contributed by atoms with E-state index >= 15 is 0 Å². The van der Waals surface area contributed by atoms with Crippen LogP contribution in [0.1, 0.15) is 29.5 Å². The second-order valence-corrected chi connectivity index (χ2v) is 12.8. The number of sulfonamides is 1. The van der Waals surface area contributed by atoms with E-state index in [1.54, 1.807) is 29.2 Å². The minimum Gasteiger partial charge on any atom is -0.283 e. The average molecular weight is 554 g/mol. The number of aryl methyl sites for hydroxylation is 2. The summed E-state index contributed by atoms with van der Waals surface area (Å²) in [7, 11) is -3.59. The molecule has 0 saturated carbocycles. The fourth-order valence-electron chi connectivity index (χ4n) is 4.63. The van der Waals surface area contributed by atoms with Gasteiger partial charge in [-0.2, -0.15) is 4.31 Å². The molecule has 1 saturated heterocycles. The lowest BCUT2D eigenvalue weighted by atomic mass is 9.96. The fourth-order valence-corrected chi connectivity index (χ4v) is 7.28. The summed E-state index contributed by atoms with van der Waals surface area (Å²) in [5, 5.41) is 1.27. The van der Waals surface area contributed by atoms with Crippen molar-refractivity contribution in [3.63, 3.8) is 0 Å². The highest BCUT2D eigenvalue weighted by atomic mass is 35.5. The average Bonchev–Trinajstić information content (AvgIpc) is 3.35. The smallest absolute Gasteiger partial charge is 0.243 e. The molecule has 0 atom stereocenters. The van der Waals surface area contributed by atoms with Gasteiger partial charge in [0.05, 0.1) is 21.7 Å². The summed E-state index contributed by atoms with van der Waals surface area (Å²) in [6.07, 6.45) is 0.927. The van der Waals surface area contributed by atoms with Gasteiger partial charge in [0.15, 0.2) is 5.13 Å². The van der Waals surface area contributed by atoms with E-state index in [2.05, 4.69) is 0 Å². The van der Waals surface area contributed by atoms with Gasteiger partial charge in [-0.3, -0.25) is 9.69 Å². The van der Waals surface area contributed by atoms with Crippen molar-refractivity contribution in [1.29, 1.82) is 0 Å². The number of rotatable bonds is 6. The van der Waals surface area contributed by atoms with E-state index in [9.17, 15) is 13.2 Å². The van der Waals surface area contributed by atoms with Crippen molar-refractivity contribution in [3.8, 4) is 0 Å². The van der Waals surface area contributed by atoms with Gasteiger partial charge in [0.1, 0.15) is 0 Å². The summed E-state index contributed by atoms with van der Waals surface area (Å²) < 4.78 is 28.7. The molecular weight excluding hydrogens is 526 g/mol. The summed E-state index contributed by atoms with van der Waals surface area (Å²) in [6, 6.07) is 20.5. The Morgan fingerprint density at radius 2 is 1.70 bits per heavy atom. The Hall–Kier alpha value is -2.78. The Morgan fingerprint density at radius 1 is 1.03 bits per heavy atom. The van der Waals surface area contributed by atoms with Crippen LogP contribution in [0, 0.1) is 19.8 Å². The highest BCUT2D eigenvalue weighted by Gasteiger charge is 2.35. The molecule has 5 rings (SSSR count). The number of carbonyl (C=O) groups excluding carboxylic acids is 1. The van der Waals surface area contributed by atoms with Crippen molar-refractivity contribution in [1.82, 2.24) is 9.29 Å². The SMILES string of the molecule is Cc1ccc(S(=O)(=O)N2CCC(C(=O)N(Cc3ccccc3)c3nc4c(C)c(Cl)ccc4s3)CC2)cc1. The maximum atomic E-state index is 13.9. The lowest BCUT2D eigenvalue weighted by Crippen LogP contribution is -2.44. The third kappa shape index (κ3) is 5.29. The molecule has 4 aromatic rings. The first kappa shape index (κ1) is 25.9. The van der Waals surface area contributed by atoms with Crippen LogP contribution in [0.5, 0.6) is 0 Å². The zero-order chi connectivity index (χ0) is 26.2. The molecule has 0 spiro atoms. The minimum atomic E-state index is -3.59. The Morgan fingerprint density at radius 3 is 2.38 bits per heavy atom. The molecule has 1 fully saturated rings. The number of hydrogen-bond acceptors (Lipinski definition) is 5. The van der Waals surface area contributed by atoms with E-state index in [4.69, 9.17) is 16.6 Å². The van der Waals surface area contributed by atoms with Crippen LogP contribution in [0.15, 0.2) is 71.6 Å². The van der Waals surface area contributed by atoms with Crippen molar-refractivity contribution in [2.75, 3.05) is 18.0 Å². The molecule has 1 aliphatic rings. The molecule has 2 heterocycles. The van der Waals surface area contributed by atoms with Crippen molar-refractivity contribution in [3.05, 3.63) is 88.4 Å². The topological polar surface area (TPSA) is 70.6 Å². The standard InChI is InChI=1S/C28H28ClN3O3S2/c1-19-8-10-23(11-9-19)37(34,35)31-16-14-22(15-17-31)27(33)32(18-21-6-4-3-5-7-21)28-30-26-20(2)24(29)12-13-25(26)36-28/h3-13,22H,14-18H2,1-2H3. The summed E-state index contributed by atoms with van der Waals surface area (Å²) >= 11 is 7.80. The number of aromatic nitrogens is 1. The van der Waals surface area contributed by atoms with E-state index in [1.807, 2.05) is 56.3 Å². The van der Waals surface area contributed by atoms with Crippen molar-refractivity contribution in [2.45, 2.75) is 38.1 Å². The molecule has 192 valence electrons.